The van der Waals surface area contributed by atoms with E-state index in [2.05, 4.69) is 108 Å². The lowest BCUT2D eigenvalue weighted by molar-refractivity contribution is 1.18. The summed E-state index contributed by atoms with van der Waals surface area (Å²) in [6.45, 7) is 0. The number of para-hydroxylation sites is 1. The third-order valence-electron chi connectivity index (χ3n) is 5.92. The van der Waals surface area contributed by atoms with Crippen molar-refractivity contribution in [3.05, 3.63) is 109 Å². The first kappa shape index (κ1) is 17.1. The van der Waals surface area contributed by atoms with Crippen molar-refractivity contribution < 1.29 is 0 Å². The molecule has 2 radical (unpaired) electrons. The molecule has 1 aromatic heterocycles. The summed E-state index contributed by atoms with van der Waals surface area (Å²) in [4.78, 5) is 0. The molecule has 0 unspecified atom stereocenters. The van der Waals surface area contributed by atoms with Crippen LogP contribution in [0.4, 0.5) is 0 Å². The van der Waals surface area contributed by atoms with E-state index in [1.807, 2.05) is 6.07 Å². The molecule has 6 rings (SSSR count). The molecule has 0 N–H and O–H groups in total. The van der Waals surface area contributed by atoms with Crippen LogP contribution >= 0.6 is 0 Å². The monoisotopic (exact) mass is 379 g/mol. The predicted molar refractivity (Wildman–Crippen MR) is 129 cm³/mol. The topological polar surface area (TPSA) is 4.93 Å². The Morgan fingerprint density at radius 3 is 2.10 bits per heavy atom. The largest absolute Gasteiger partial charge is 0.309 e. The van der Waals surface area contributed by atoms with Crippen molar-refractivity contribution in [2.24, 2.45) is 0 Å². The van der Waals surface area contributed by atoms with Crippen LogP contribution in [0.3, 0.4) is 0 Å². The summed E-state index contributed by atoms with van der Waals surface area (Å²) in [6, 6.07) is 38.5. The molecule has 2 heteroatoms. The van der Waals surface area contributed by atoms with Crippen molar-refractivity contribution in [1.29, 1.82) is 0 Å². The maximum absolute atomic E-state index is 6.08. The van der Waals surface area contributed by atoms with Crippen LogP contribution in [0.2, 0.25) is 0 Å². The van der Waals surface area contributed by atoms with E-state index in [4.69, 9.17) is 7.85 Å². The van der Waals surface area contributed by atoms with E-state index in [-0.39, 0.29) is 0 Å². The smallest absolute Gasteiger partial charge is 0.113 e. The third-order valence-corrected chi connectivity index (χ3v) is 5.92. The van der Waals surface area contributed by atoms with Crippen molar-refractivity contribution in [3.63, 3.8) is 0 Å². The van der Waals surface area contributed by atoms with Crippen LogP contribution in [-0.2, 0) is 0 Å². The molecule has 0 bridgehead atoms. The average molecular weight is 379 g/mol. The van der Waals surface area contributed by atoms with E-state index in [9.17, 15) is 0 Å². The minimum atomic E-state index is 0.789. The van der Waals surface area contributed by atoms with Crippen LogP contribution in [0, 0.1) is 0 Å². The van der Waals surface area contributed by atoms with Crippen molar-refractivity contribution in [2.75, 3.05) is 0 Å². The van der Waals surface area contributed by atoms with Crippen LogP contribution in [0.5, 0.6) is 0 Å². The Morgan fingerprint density at radius 1 is 0.533 bits per heavy atom. The second-order valence-electron chi connectivity index (χ2n) is 7.70. The van der Waals surface area contributed by atoms with E-state index in [1.165, 1.54) is 43.7 Å². The van der Waals surface area contributed by atoms with Crippen molar-refractivity contribution >= 4 is 45.9 Å². The molecule has 30 heavy (non-hydrogen) atoms. The number of aromatic nitrogens is 1. The number of rotatable bonds is 2. The summed E-state index contributed by atoms with van der Waals surface area (Å²) in [6.07, 6.45) is 0. The molecule has 0 fully saturated rings. The number of hydrogen-bond donors (Lipinski definition) is 0. The second-order valence-corrected chi connectivity index (χ2v) is 7.70. The van der Waals surface area contributed by atoms with Gasteiger partial charge in [-0.3, -0.25) is 0 Å². The molecule has 1 nitrogen and oxygen atoms in total. The number of benzene rings is 5. The van der Waals surface area contributed by atoms with Gasteiger partial charge >= 0.3 is 0 Å². The highest BCUT2D eigenvalue weighted by Gasteiger charge is 2.12. The predicted octanol–water partition coefficient (Wildman–Crippen LogP) is 6.40. The van der Waals surface area contributed by atoms with Gasteiger partial charge in [0.2, 0.25) is 0 Å². The van der Waals surface area contributed by atoms with E-state index in [0.717, 1.165) is 11.2 Å². The number of nitrogens with zero attached hydrogens (tertiary/aromatic N) is 1. The van der Waals surface area contributed by atoms with E-state index >= 15 is 0 Å². The molecule has 0 saturated carbocycles. The molecule has 0 aliphatic rings. The zero-order chi connectivity index (χ0) is 20.1. The lowest BCUT2D eigenvalue weighted by Gasteiger charge is -2.11. The summed E-state index contributed by atoms with van der Waals surface area (Å²) in [5, 5.41) is 4.95. The average Bonchev–Trinajstić information content (AvgIpc) is 3.12. The molecule has 0 amide bonds. The molecular formula is C28H18BN. The van der Waals surface area contributed by atoms with Crippen LogP contribution in [0.15, 0.2) is 109 Å². The first-order valence-electron chi connectivity index (χ1n) is 10.2. The van der Waals surface area contributed by atoms with Crippen molar-refractivity contribution in [2.45, 2.75) is 0 Å². The normalized spacial score (nSPS) is 11.5. The summed E-state index contributed by atoms with van der Waals surface area (Å²) in [7, 11) is 6.08. The minimum absolute atomic E-state index is 0.789. The quantitative estimate of drug-likeness (QED) is 0.307. The molecule has 0 saturated heterocycles. The zero-order valence-corrected chi connectivity index (χ0v) is 16.4. The first-order chi connectivity index (χ1) is 14.8. The minimum Gasteiger partial charge on any atom is -0.309 e. The van der Waals surface area contributed by atoms with Gasteiger partial charge in [0.15, 0.2) is 0 Å². The van der Waals surface area contributed by atoms with Crippen LogP contribution in [0.25, 0.3) is 49.4 Å². The highest BCUT2D eigenvalue weighted by Crippen LogP contribution is 2.33. The molecule has 5 aromatic carbocycles. The summed E-state index contributed by atoms with van der Waals surface area (Å²) in [5.74, 6) is 0. The summed E-state index contributed by atoms with van der Waals surface area (Å²) >= 11 is 0. The van der Waals surface area contributed by atoms with Gasteiger partial charge in [-0.25, -0.2) is 0 Å². The van der Waals surface area contributed by atoms with Crippen LogP contribution < -0.4 is 5.46 Å². The molecular weight excluding hydrogens is 361 g/mol. The van der Waals surface area contributed by atoms with Crippen molar-refractivity contribution in [3.8, 4) is 16.8 Å². The van der Waals surface area contributed by atoms with E-state index in [0.29, 0.717) is 0 Å². The second kappa shape index (κ2) is 6.64. The first-order valence-corrected chi connectivity index (χ1v) is 10.2. The Hall–Kier alpha value is -3.78. The highest BCUT2D eigenvalue weighted by atomic mass is 15.0. The van der Waals surface area contributed by atoms with Gasteiger partial charge < -0.3 is 4.57 Å². The van der Waals surface area contributed by atoms with Gasteiger partial charge in [0, 0.05) is 16.5 Å². The molecule has 0 spiro atoms. The maximum atomic E-state index is 6.08. The Bertz CT molecular complexity index is 1540. The van der Waals surface area contributed by atoms with Gasteiger partial charge in [0.25, 0.3) is 0 Å². The molecule has 6 aromatic rings. The van der Waals surface area contributed by atoms with E-state index < -0.39 is 0 Å². The fraction of sp³-hybridized carbons (Fsp3) is 0. The van der Waals surface area contributed by atoms with Crippen LogP contribution in [-0.4, -0.2) is 12.4 Å². The lowest BCUT2D eigenvalue weighted by Crippen LogP contribution is -2.00. The Balaban J connectivity index is 1.55. The molecule has 0 aliphatic heterocycles. The van der Waals surface area contributed by atoms with Gasteiger partial charge in [-0.15, -0.1) is 0 Å². The Labute approximate surface area is 176 Å². The summed E-state index contributed by atoms with van der Waals surface area (Å²) < 4.78 is 2.32. The maximum Gasteiger partial charge on any atom is 0.113 e. The standard InChI is InChI=1S/C28H18BN/c29-21-14-17-28-26(18-21)25-9-3-4-11-27(25)30(28)22-15-12-20(13-16-22)24-10-5-7-19-6-1-2-8-23(19)24/h1-18H. The van der Waals surface area contributed by atoms with Gasteiger partial charge in [0.1, 0.15) is 7.85 Å². The molecule has 0 aliphatic carbocycles. The number of fused-ring (bicyclic) bond motifs is 4. The van der Waals surface area contributed by atoms with Gasteiger partial charge in [-0.1, -0.05) is 90.4 Å². The van der Waals surface area contributed by atoms with E-state index in [1.54, 1.807) is 0 Å². The third kappa shape index (κ3) is 2.58. The van der Waals surface area contributed by atoms with Gasteiger partial charge in [0.05, 0.1) is 11.0 Å². The molecule has 1 heterocycles. The van der Waals surface area contributed by atoms with Gasteiger partial charge in [-0.05, 0) is 46.2 Å². The van der Waals surface area contributed by atoms with Crippen LogP contribution in [0.1, 0.15) is 0 Å². The fourth-order valence-electron chi connectivity index (χ4n) is 4.54. The Kier molecular flexibility index (Phi) is 3.79. The molecule has 0 atom stereocenters. The van der Waals surface area contributed by atoms with Crippen molar-refractivity contribution in [1.82, 2.24) is 4.57 Å². The van der Waals surface area contributed by atoms with Gasteiger partial charge in [-0.2, -0.15) is 0 Å². The Morgan fingerprint density at radius 2 is 1.23 bits per heavy atom. The highest BCUT2D eigenvalue weighted by molar-refractivity contribution is 6.33. The molecule has 138 valence electrons. The number of hydrogen-bond acceptors (Lipinski definition) is 0. The fourth-order valence-corrected chi connectivity index (χ4v) is 4.54. The summed E-state index contributed by atoms with van der Waals surface area (Å²) in [5.41, 5.74) is 6.78. The zero-order valence-electron chi connectivity index (χ0n) is 16.4. The lowest BCUT2D eigenvalue weighted by atomic mass is 9.94. The SMILES string of the molecule is [B]c1ccc2c(c1)c1ccccc1n2-c1ccc(-c2cccc3ccccc23)cc1.